The number of benzene rings is 1. The van der Waals surface area contributed by atoms with Crippen LogP contribution >= 0.6 is 11.3 Å². The summed E-state index contributed by atoms with van der Waals surface area (Å²) in [5.74, 6) is 1.18. The standard InChI is InChI=1S/C22H26N4OS/c1-4-17-12-18-20(23-13-24-22(18)28-17)26-10-8-16(9-11-26)21(27)25-19-7-5-6-14(2)15(19)3/h5-7,12-13,16H,4,8-11H2,1-3H3,(H,25,27). The molecular weight excluding hydrogens is 368 g/mol. The lowest BCUT2D eigenvalue weighted by molar-refractivity contribution is -0.120. The number of fused-ring (bicyclic) bond motifs is 1. The molecular formula is C22H26N4OS. The number of nitrogens with one attached hydrogen (secondary N) is 1. The largest absolute Gasteiger partial charge is 0.356 e. The summed E-state index contributed by atoms with van der Waals surface area (Å²) in [6.07, 6.45) is 4.36. The van der Waals surface area contributed by atoms with E-state index in [9.17, 15) is 4.79 Å². The molecule has 3 aromatic rings. The summed E-state index contributed by atoms with van der Waals surface area (Å²) in [6, 6.07) is 8.26. The van der Waals surface area contributed by atoms with Crippen molar-refractivity contribution in [1.29, 1.82) is 0 Å². The van der Waals surface area contributed by atoms with Gasteiger partial charge in [-0.25, -0.2) is 9.97 Å². The number of amides is 1. The predicted octanol–water partition coefficient (Wildman–Crippen LogP) is 4.73. The van der Waals surface area contributed by atoms with E-state index in [0.717, 1.165) is 59.6 Å². The van der Waals surface area contributed by atoms with Gasteiger partial charge in [0, 0.05) is 29.6 Å². The molecule has 1 amide bonds. The average molecular weight is 395 g/mol. The molecule has 0 radical (unpaired) electrons. The Hall–Kier alpha value is -2.47. The second-order valence-corrected chi connectivity index (χ2v) is 8.60. The molecule has 3 heterocycles. The Morgan fingerprint density at radius 3 is 2.79 bits per heavy atom. The first-order chi connectivity index (χ1) is 13.6. The van der Waals surface area contributed by atoms with Crippen molar-refractivity contribution in [3.63, 3.8) is 0 Å². The molecule has 2 aromatic heterocycles. The molecule has 5 nitrogen and oxygen atoms in total. The molecule has 0 aliphatic carbocycles. The number of thiophene rings is 1. The summed E-state index contributed by atoms with van der Waals surface area (Å²) in [6.45, 7) is 7.97. The summed E-state index contributed by atoms with van der Waals surface area (Å²) in [4.78, 5) is 26.4. The maximum Gasteiger partial charge on any atom is 0.227 e. The summed E-state index contributed by atoms with van der Waals surface area (Å²) in [5.41, 5.74) is 3.26. The molecule has 1 aromatic carbocycles. The van der Waals surface area contributed by atoms with Crippen LogP contribution in [0.15, 0.2) is 30.6 Å². The number of hydrogen-bond donors (Lipinski definition) is 1. The molecule has 1 fully saturated rings. The number of piperidine rings is 1. The molecule has 28 heavy (non-hydrogen) atoms. The summed E-state index contributed by atoms with van der Waals surface area (Å²) >= 11 is 1.74. The number of carbonyl (C=O) groups excluding carboxylic acids is 1. The van der Waals surface area contributed by atoms with Gasteiger partial charge in [0.15, 0.2) is 0 Å². The number of rotatable bonds is 4. The van der Waals surface area contributed by atoms with Gasteiger partial charge in [-0.3, -0.25) is 4.79 Å². The van der Waals surface area contributed by atoms with E-state index in [0.29, 0.717) is 0 Å². The number of aromatic nitrogens is 2. The second-order valence-electron chi connectivity index (χ2n) is 7.48. The minimum Gasteiger partial charge on any atom is -0.356 e. The number of nitrogens with zero attached hydrogens (tertiary/aromatic N) is 3. The molecule has 1 aliphatic heterocycles. The van der Waals surface area contributed by atoms with Crippen molar-refractivity contribution < 1.29 is 4.79 Å². The Bertz CT molecular complexity index is 1000. The molecule has 0 bridgehead atoms. The van der Waals surface area contributed by atoms with Crippen molar-refractivity contribution in [1.82, 2.24) is 9.97 Å². The van der Waals surface area contributed by atoms with Crippen LogP contribution in [0.3, 0.4) is 0 Å². The summed E-state index contributed by atoms with van der Waals surface area (Å²) in [5, 5.41) is 4.28. The zero-order chi connectivity index (χ0) is 19.7. The molecule has 0 saturated carbocycles. The fourth-order valence-electron chi connectivity index (χ4n) is 3.79. The van der Waals surface area contributed by atoms with E-state index in [1.807, 2.05) is 12.1 Å². The minimum absolute atomic E-state index is 0.0437. The van der Waals surface area contributed by atoms with E-state index in [1.54, 1.807) is 17.7 Å². The van der Waals surface area contributed by atoms with Gasteiger partial charge in [0.05, 0.1) is 5.39 Å². The molecule has 1 N–H and O–H groups in total. The van der Waals surface area contributed by atoms with Crippen LogP contribution in [0.25, 0.3) is 10.2 Å². The first-order valence-electron chi connectivity index (χ1n) is 9.92. The highest BCUT2D eigenvalue weighted by atomic mass is 32.1. The monoisotopic (exact) mass is 394 g/mol. The van der Waals surface area contributed by atoms with E-state index in [-0.39, 0.29) is 11.8 Å². The van der Waals surface area contributed by atoms with Crippen molar-refractivity contribution in [2.75, 3.05) is 23.3 Å². The lowest BCUT2D eigenvalue weighted by Gasteiger charge is -2.32. The van der Waals surface area contributed by atoms with Crippen molar-refractivity contribution in [2.24, 2.45) is 5.92 Å². The van der Waals surface area contributed by atoms with Gasteiger partial charge >= 0.3 is 0 Å². The Labute approximate surface area is 169 Å². The van der Waals surface area contributed by atoms with Crippen LogP contribution in [0, 0.1) is 19.8 Å². The van der Waals surface area contributed by atoms with Crippen LogP contribution < -0.4 is 10.2 Å². The van der Waals surface area contributed by atoms with Gasteiger partial charge in [0.2, 0.25) is 5.91 Å². The third kappa shape index (κ3) is 3.61. The maximum absolute atomic E-state index is 12.8. The number of hydrogen-bond acceptors (Lipinski definition) is 5. The van der Waals surface area contributed by atoms with E-state index in [1.165, 1.54) is 10.4 Å². The molecule has 4 rings (SSSR count). The van der Waals surface area contributed by atoms with Crippen LogP contribution in [0.4, 0.5) is 11.5 Å². The lowest BCUT2D eigenvalue weighted by Crippen LogP contribution is -2.38. The highest BCUT2D eigenvalue weighted by molar-refractivity contribution is 7.18. The van der Waals surface area contributed by atoms with Gasteiger partial charge in [-0.05, 0) is 56.4 Å². The highest BCUT2D eigenvalue weighted by Crippen LogP contribution is 2.32. The zero-order valence-electron chi connectivity index (χ0n) is 16.7. The Morgan fingerprint density at radius 1 is 1.25 bits per heavy atom. The van der Waals surface area contributed by atoms with Gasteiger partial charge in [-0.1, -0.05) is 19.1 Å². The van der Waals surface area contributed by atoms with Crippen LogP contribution in [-0.2, 0) is 11.2 Å². The fraction of sp³-hybridized carbons (Fsp3) is 0.409. The second kappa shape index (κ2) is 7.87. The molecule has 1 saturated heterocycles. The summed E-state index contributed by atoms with van der Waals surface area (Å²) in [7, 11) is 0. The summed E-state index contributed by atoms with van der Waals surface area (Å²) < 4.78 is 0. The minimum atomic E-state index is 0.0437. The first-order valence-corrected chi connectivity index (χ1v) is 10.7. The van der Waals surface area contributed by atoms with Crippen molar-refractivity contribution in [3.8, 4) is 0 Å². The number of anilines is 2. The van der Waals surface area contributed by atoms with Crippen LogP contribution in [-0.4, -0.2) is 29.0 Å². The van der Waals surface area contributed by atoms with E-state index in [4.69, 9.17) is 0 Å². The number of aryl methyl sites for hydroxylation is 2. The van der Waals surface area contributed by atoms with Gasteiger partial charge in [-0.2, -0.15) is 0 Å². The van der Waals surface area contributed by atoms with Gasteiger partial charge in [0.25, 0.3) is 0 Å². The molecule has 0 unspecified atom stereocenters. The van der Waals surface area contributed by atoms with Crippen molar-refractivity contribution >= 4 is 39.0 Å². The molecule has 0 atom stereocenters. The molecule has 1 aliphatic rings. The van der Waals surface area contributed by atoms with E-state index >= 15 is 0 Å². The Balaban J connectivity index is 1.44. The lowest BCUT2D eigenvalue weighted by atomic mass is 9.95. The predicted molar refractivity (Wildman–Crippen MR) is 116 cm³/mol. The fourth-order valence-corrected chi connectivity index (χ4v) is 4.72. The van der Waals surface area contributed by atoms with Gasteiger partial charge < -0.3 is 10.2 Å². The third-order valence-corrected chi connectivity index (χ3v) is 6.92. The van der Waals surface area contributed by atoms with E-state index in [2.05, 4.69) is 53.1 Å². The SMILES string of the molecule is CCc1cc2c(N3CCC(C(=O)Nc4cccc(C)c4C)CC3)ncnc2s1. The average Bonchev–Trinajstić information content (AvgIpc) is 3.15. The van der Waals surface area contributed by atoms with Gasteiger partial charge in [0.1, 0.15) is 17.0 Å². The molecule has 146 valence electrons. The number of carbonyl (C=O) groups is 1. The van der Waals surface area contributed by atoms with Crippen LogP contribution in [0.1, 0.15) is 35.8 Å². The van der Waals surface area contributed by atoms with Crippen LogP contribution in [0.2, 0.25) is 0 Å². The Kier molecular flexibility index (Phi) is 5.31. The van der Waals surface area contributed by atoms with Crippen molar-refractivity contribution in [3.05, 3.63) is 46.6 Å². The molecule has 6 heteroatoms. The topological polar surface area (TPSA) is 58.1 Å². The molecule has 0 spiro atoms. The van der Waals surface area contributed by atoms with Crippen LogP contribution in [0.5, 0.6) is 0 Å². The highest BCUT2D eigenvalue weighted by Gasteiger charge is 2.27. The quantitative estimate of drug-likeness (QED) is 0.695. The van der Waals surface area contributed by atoms with Crippen molar-refractivity contribution in [2.45, 2.75) is 40.0 Å². The zero-order valence-corrected chi connectivity index (χ0v) is 17.5. The first kappa shape index (κ1) is 18.9. The Morgan fingerprint density at radius 2 is 2.04 bits per heavy atom. The normalized spacial score (nSPS) is 15.2. The smallest absolute Gasteiger partial charge is 0.227 e. The van der Waals surface area contributed by atoms with E-state index < -0.39 is 0 Å². The third-order valence-electron chi connectivity index (χ3n) is 5.74. The van der Waals surface area contributed by atoms with Gasteiger partial charge in [-0.15, -0.1) is 11.3 Å². The maximum atomic E-state index is 12.8.